The van der Waals surface area contributed by atoms with Gasteiger partial charge in [-0.2, -0.15) is 21.6 Å². The summed E-state index contributed by atoms with van der Waals surface area (Å²) in [5.74, 6) is -4.76. The van der Waals surface area contributed by atoms with Gasteiger partial charge < -0.3 is 34.2 Å². The lowest BCUT2D eigenvalue weighted by Gasteiger charge is -2.19. The van der Waals surface area contributed by atoms with Crippen molar-refractivity contribution in [3.05, 3.63) is 298 Å². The van der Waals surface area contributed by atoms with Crippen molar-refractivity contribution in [3.8, 4) is 51.6 Å². The van der Waals surface area contributed by atoms with E-state index in [-0.39, 0.29) is 63.3 Å². The number of anilines is 2. The van der Waals surface area contributed by atoms with Crippen LogP contribution in [0.5, 0.6) is 40.2 Å². The van der Waals surface area contributed by atoms with Crippen molar-refractivity contribution in [1.82, 2.24) is 32.0 Å². The minimum atomic E-state index is -6.34. The first kappa shape index (κ1) is 79.7. The molecule has 0 saturated carbocycles. The Kier molecular flexibility index (Phi) is 23.8. The van der Waals surface area contributed by atoms with Crippen LogP contribution in [0.1, 0.15) is 32.6 Å². The largest absolute Gasteiger partial charge is 0.534 e. The molecule has 0 atom stereocenters. The summed E-state index contributed by atoms with van der Waals surface area (Å²) in [6.45, 7) is 2.74. The molecule has 7 aromatic carbocycles. The van der Waals surface area contributed by atoms with E-state index in [4.69, 9.17) is 24.7 Å². The monoisotopic (exact) mass is 1850 g/mol. The van der Waals surface area contributed by atoms with E-state index in [9.17, 15) is 73.1 Å². The van der Waals surface area contributed by atoms with Gasteiger partial charge in [0.1, 0.15) is 97.0 Å². The standard InChI is InChI=1S/C29H22F2IN3O5.C23H16F4IN3O7S.C20H16F2IN3O3/c1-16-4-7-18(30)12-23(16)40-24-14-25(36)33(2)27-26(24)28(37)34(15-17-5-9-20(39-3)10-6-17)29(38)35(27)22-11-8-19(32)13-21(22)31;1-29-18(32)10-17(38-39(35,36)23(25,26)27)19-20(29)31(16-8-5-13(28)9-15(16)24)22(34)30(21(19)33)11-12-3-6-14(37-2)7-4-12;1-10-3-4-11(21)7-15(10)29-16-9-17(27)26(2)20(18(16)19(24)28)25-14-6-5-12(23)8-13(14)22/h4-14H,15H2,1-3H3;3-10H,11H2,1-2H3;3-9,25H,1-2H3,(H2,24,28). The number of nitrogens with two attached hydrogens (primary N) is 1. The Morgan fingerprint density at radius 1 is 0.491 bits per heavy atom. The number of pyridine rings is 3. The van der Waals surface area contributed by atoms with Gasteiger partial charge in [-0.1, -0.05) is 36.4 Å². The highest BCUT2D eigenvalue weighted by Crippen LogP contribution is 2.36. The summed E-state index contributed by atoms with van der Waals surface area (Å²) in [4.78, 5) is 105. The number of hydrogen-bond acceptors (Lipinski definition) is 16. The minimum Gasteiger partial charge on any atom is -0.497 e. The predicted octanol–water partition coefficient (Wildman–Crippen LogP) is 12.0. The molecule has 36 heteroatoms. The molecule has 5 heterocycles. The Labute approximate surface area is 644 Å². The average molecular weight is 1850 g/mol. The van der Waals surface area contributed by atoms with Crippen LogP contribution < -0.4 is 73.4 Å². The summed E-state index contributed by atoms with van der Waals surface area (Å²) in [5.41, 5.74) is -6.24. The Morgan fingerprint density at radius 2 is 0.880 bits per heavy atom. The van der Waals surface area contributed by atoms with Gasteiger partial charge in [0, 0.05) is 62.2 Å². The number of amides is 1. The number of aromatic nitrogens is 7. The third-order valence-electron chi connectivity index (χ3n) is 16.3. The highest BCUT2D eigenvalue weighted by molar-refractivity contribution is 14.1. The van der Waals surface area contributed by atoms with E-state index in [0.29, 0.717) is 64.2 Å². The van der Waals surface area contributed by atoms with E-state index in [1.165, 1.54) is 107 Å². The Bertz CT molecular complexity index is 6210. The molecule has 108 heavy (non-hydrogen) atoms. The molecule has 0 saturated heterocycles. The fraction of sp³-hybridized carbons (Fsp3) is 0.139. The molecule has 0 radical (unpaired) electrons. The van der Waals surface area contributed by atoms with Crippen molar-refractivity contribution in [1.29, 1.82) is 0 Å². The number of rotatable bonds is 17. The van der Waals surface area contributed by atoms with Gasteiger partial charge in [-0.15, -0.1) is 0 Å². The molecule has 12 rings (SSSR count). The molecule has 12 aromatic rings. The van der Waals surface area contributed by atoms with Gasteiger partial charge in [0.2, 0.25) is 0 Å². The van der Waals surface area contributed by atoms with E-state index in [1.54, 1.807) is 72.8 Å². The maximum absolute atomic E-state index is 15.3. The van der Waals surface area contributed by atoms with Gasteiger partial charge in [-0.3, -0.25) is 51.6 Å². The molecule has 0 aliphatic carbocycles. The zero-order chi connectivity index (χ0) is 78.9. The van der Waals surface area contributed by atoms with Crippen LogP contribution in [-0.4, -0.2) is 66.0 Å². The molecule has 0 unspecified atom stereocenters. The second kappa shape index (κ2) is 32.3. The lowest BCUT2D eigenvalue weighted by molar-refractivity contribution is -0.0499. The van der Waals surface area contributed by atoms with E-state index in [0.717, 1.165) is 61.7 Å². The summed E-state index contributed by atoms with van der Waals surface area (Å²) in [5, 5.41) is 1.71. The lowest BCUT2D eigenvalue weighted by atomic mass is 10.2. The molecule has 1 amide bonds. The van der Waals surface area contributed by atoms with E-state index >= 15 is 8.78 Å². The van der Waals surface area contributed by atoms with Crippen LogP contribution in [0.4, 0.5) is 46.6 Å². The first-order valence-corrected chi connectivity index (χ1v) is 35.7. The van der Waals surface area contributed by atoms with Gasteiger partial charge in [-0.25, -0.2) is 40.7 Å². The number of halogens is 11. The third-order valence-corrected chi connectivity index (χ3v) is 19.3. The van der Waals surface area contributed by atoms with Crippen LogP contribution in [0.2, 0.25) is 0 Å². The zero-order valence-corrected chi connectivity index (χ0v) is 64.1. The molecular formula is C72H54F8I3N9O15S. The van der Waals surface area contributed by atoms with E-state index in [2.05, 4.69) is 9.50 Å². The topological polar surface area (TPSA) is 289 Å². The van der Waals surface area contributed by atoms with Crippen LogP contribution in [0.25, 0.3) is 33.4 Å². The summed E-state index contributed by atoms with van der Waals surface area (Å²) in [6.07, 6.45) is 0. The lowest BCUT2D eigenvalue weighted by Crippen LogP contribution is -2.42. The fourth-order valence-corrected chi connectivity index (χ4v) is 12.6. The number of hydrogen-bond donors (Lipinski definition) is 2. The molecule has 3 N–H and O–H groups in total. The number of ether oxygens (including phenoxy) is 4. The molecule has 0 aliphatic rings. The van der Waals surface area contributed by atoms with Crippen molar-refractivity contribution >= 4 is 117 Å². The summed E-state index contributed by atoms with van der Waals surface area (Å²) in [7, 11) is 0.432. The second-order valence-corrected chi connectivity index (χ2v) is 28.6. The molecular weight excluding hydrogens is 1800 g/mol. The molecule has 0 spiro atoms. The molecule has 24 nitrogen and oxygen atoms in total. The van der Waals surface area contributed by atoms with E-state index < -0.39 is 119 Å². The number of aryl methyl sites for hydroxylation is 4. The van der Waals surface area contributed by atoms with Crippen molar-refractivity contribution in [3.63, 3.8) is 0 Å². The van der Waals surface area contributed by atoms with Crippen molar-refractivity contribution in [2.75, 3.05) is 19.5 Å². The van der Waals surface area contributed by atoms with Crippen molar-refractivity contribution in [2.45, 2.75) is 32.4 Å². The van der Waals surface area contributed by atoms with Crippen LogP contribution in [0, 0.1) is 53.6 Å². The van der Waals surface area contributed by atoms with Gasteiger partial charge in [0.05, 0.1) is 44.4 Å². The van der Waals surface area contributed by atoms with Crippen LogP contribution in [0.15, 0.2) is 191 Å². The highest BCUT2D eigenvalue weighted by Gasteiger charge is 2.49. The number of carbonyl (C=O) groups is 1. The number of nitrogens with zero attached hydrogens (tertiary/aromatic N) is 7. The number of methoxy groups -OCH3 is 2. The number of fused-ring (bicyclic) bond motifs is 2. The third kappa shape index (κ3) is 16.8. The van der Waals surface area contributed by atoms with Gasteiger partial charge in [0.25, 0.3) is 33.7 Å². The Morgan fingerprint density at radius 3 is 1.29 bits per heavy atom. The van der Waals surface area contributed by atoms with Crippen LogP contribution in [-0.2, 0) is 44.4 Å². The number of alkyl halides is 3. The Balaban J connectivity index is 0.000000175. The van der Waals surface area contributed by atoms with E-state index in [1.807, 2.05) is 45.2 Å². The molecule has 5 aromatic heterocycles. The summed E-state index contributed by atoms with van der Waals surface area (Å²) >= 11 is 5.69. The van der Waals surface area contributed by atoms with Gasteiger partial charge >= 0.3 is 27.0 Å². The number of nitrogens with one attached hydrogen (secondary N) is 1. The van der Waals surface area contributed by atoms with Crippen molar-refractivity contribution < 1.29 is 71.5 Å². The van der Waals surface area contributed by atoms with Crippen LogP contribution >= 0.6 is 67.8 Å². The van der Waals surface area contributed by atoms with Crippen LogP contribution in [0.3, 0.4) is 0 Å². The smallest absolute Gasteiger partial charge is 0.497 e. The molecule has 0 aliphatic heterocycles. The average Bonchev–Trinajstić information content (AvgIpc) is 0.732. The number of benzene rings is 7. The molecule has 0 fully saturated rings. The second-order valence-electron chi connectivity index (χ2n) is 23.4. The van der Waals surface area contributed by atoms with Gasteiger partial charge in [-0.05, 0) is 195 Å². The fourth-order valence-electron chi connectivity index (χ4n) is 10.8. The Hall–Kier alpha value is -10.9. The zero-order valence-electron chi connectivity index (χ0n) is 56.8. The number of carbonyl (C=O) groups excluding carboxylic acids is 1. The number of primary amides is 1. The molecule has 0 bridgehead atoms. The summed E-state index contributed by atoms with van der Waals surface area (Å²) < 4.78 is 169. The summed E-state index contributed by atoms with van der Waals surface area (Å²) in [6, 6.07) is 35.3. The first-order valence-electron chi connectivity index (χ1n) is 31.0. The maximum Gasteiger partial charge on any atom is 0.534 e. The SMILES string of the molecule is COc1ccc(Cn2c(=O)c3c(OS(=O)(=O)C(F)(F)F)cc(=O)n(C)c3n(-c3ccc(I)cc3F)c2=O)cc1.COc1ccc(Cn2c(=O)c3c(Oc4cc(F)ccc4C)cc(=O)n(C)c3n(-c3ccc(I)cc3F)c2=O)cc1.Cc1ccc(F)cc1Oc1cc(=O)n(C)c(Nc2ccc(I)cc2F)c1C(N)=O. The predicted molar refractivity (Wildman–Crippen MR) is 408 cm³/mol. The highest BCUT2D eigenvalue weighted by atomic mass is 127. The minimum absolute atomic E-state index is 0.0435. The van der Waals surface area contributed by atoms with Gasteiger partial charge in [0.15, 0.2) is 5.75 Å². The normalized spacial score (nSPS) is 11.4. The maximum atomic E-state index is 15.3. The molecule has 560 valence electrons. The van der Waals surface area contributed by atoms with Crippen molar-refractivity contribution in [2.24, 2.45) is 26.9 Å². The quantitative estimate of drug-likeness (QED) is 0.0371. The first-order chi connectivity index (χ1) is 50.9.